The van der Waals surface area contributed by atoms with Gasteiger partial charge < -0.3 is 10.1 Å². The van der Waals surface area contributed by atoms with Gasteiger partial charge in [0.05, 0.1) is 17.8 Å². The lowest BCUT2D eigenvalue weighted by atomic mass is 9.93. The molecule has 0 fully saturated rings. The largest absolute Gasteiger partial charge is 0.473 e. The third-order valence-electron chi connectivity index (χ3n) is 5.88. The maximum atomic E-state index is 15.0. The summed E-state index contributed by atoms with van der Waals surface area (Å²) in [5.74, 6) is 0.566. The summed E-state index contributed by atoms with van der Waals surface area (Å²) in [7, 11) is 0. The zero-order valence-electron chi connectivity index (χ0n) is 18.2. The van der Waals surface area contributed by atoms with E-state index in [4.69, 9.17) is 9.84 Å². The molecule has 33 heavy (non-hydrogen) atoms. The van der Waals surface area contributed by atoms with Gasteiger partial charge in [0.1, 0.15) is 18.2 Å². The van der Waals surface area contributed by atoms with Gasteiger partial charge >= 0.3 is 0 Å². The average molecular weight is 442 g/mol. The minimum absolute atomic E-state index is 0.0565. The smallest absolute Gasteiger partial charge is 0.227 e. The fourth-order valence-corrected chi connectivity index (χ4v) is 4.10. The minimum Gasteiger partial charge on any atom is -0.473 e. The van der Waals surface area contributed by atoms with E-state index < -0.39 is 0 Å². The Morgan fingerprint density at radius 1 is 1.12 bits per heavy atom. The second kappa shape index (κ2) is 8.86. The maximum absolute atomic E-state index is 15.0. The van der Waals surface area contributed by atoms with E-state index in [0.717, 1.165) is 22.4 Å². The van der Waals surface area contributed by atoms with E-state index in [9.17, 15) is 4.79 Å². The molecular weight excluding hydrogens is 419 g/mol. The van der Waals surface area contributed by atoms with E-state index in [2.05, 4.69) is 10.3 Å². The van der Waals surface area contributed by atoms with Gasteiger partial charge in [0.2, 0.25) is 11.8 Å². The molecule has 6 nitrogen and oxygen atoms in total. The van der Waals surface area contributed by atoms with Gasteiger partial charge in [-0.3, -0.25) is 4.79 Å². The van der Waals surface area contributed by atoms with Crippen molar-refractivity contribution in [3.63, 3.8) is 0 Å². The zero-order chi connectivity index (χ0) is 22.8. The number of pyridine rings is 1. The topological polar surface area (TPSA) is 69.0 Å². The first-order valence-electron chi connectivity index (χ1n) is 10.9. The fraction of sp³-hybridized carbons (Fsp3) is 0.192. The number of nitrogens with one attached hydrogen (secondary N) is 1. The van der Waals surface area contributed by atoms with Crippen molar-refractivity contribution in [1.29, 1.82) is 0 Å². The van der Waals surface area contributed by atoms with Crippen LogP contribution >= 0.6 is 0 Å². The molecule has 1 N–H and O–H groups in total. The summed E-state index contributed by atoms with van der Waals surface area (Å²) in [6.07, 6.45) is 2.02. The molecule has 1 unspecified atom stereocenters. The number of hydrogen-bond donors (Lipinski definition) is 1. The number of halogens is 1. The highest BCUT2D eigenvalue weighted by Gasteiger charge is 2.27. The van der Waals surface area contributed by atoms with Crippen LogP contribution in [0.15, 0.2) is 72.9 Å². The zero-order valence-corrected chi connectivity index (χ0v) is 18.2. The molecular formula is C26H23FN4O2. The number of hydrogen-bond acceptors (Lipinski definition) is 4. The highest BCUT2D eigenvalue weighted by atomic mass is 19.1. The molecule has 1 aliphatic rings. The molecule has 166 valence electrons. The van der Waals surface area contributed by atoms with Gasteiger partial charge in [-0.2, -0.15) is 5.10 Å². The lowest BCUT2D eigenvalue weighted by Crippen LogP contribution is -2.24. The fourth-order valence-electron chi connectivity index (χ4n) is 4.10. The standard InChI is InChI=1S/C26H23FN4O2/c1-17(19-10-11-20(22(27)15-19)18-7-3-2-4-8-18)25-21(16-33-24-9-5-6-13-28-24)26-29-23(32)12-14-31(26)30-25/h2-11,13,15,17H,12,14,16H2,1H3,(H,29,32). The van der Waals surface area contributed by atoms with Gasteiger partial charge in [0.15, 0.2) is 0 Å². The molecule has 1 atom stereocenters. The molecule has 1 amide bonds. The SMILES string of the molecule is CC(c1ccc(-c2ccccc2)c(F)c1)c1nn2c(c1COc1ccccn1)NC(=O)CC2. The van der Waals surface area contributed by atoms with E-state index in [0.29, 0.717) is 30.2 Å². The monoisotopic (exact) mass is 442 g/mol. The first-order valence-corrected chi connectivity index (χ1v) is 10.9. The summed E-state index contributed by atoms with van der Waals surface area (Å²) < 4.78 is 22.7. The summed E-state index contributed by atoms with van der Waals surface area (Å²) in [6, 6.07) is 20.2. The van der Waals surface area contributed by atoms with Crippen LogP contribution in [0.25, 0.3) is 11.1 Å². The number of aryl methyl sites for hydroxylation is 1. The first-order chi connectivity index (χ1) is 16.1. The molecule has 3 heterocycles. The van der Waals surface area contributed by atoms with Crippen LogP contribution in [0.4, 0.5) is 10.2 Å². The average Bonchev–Trinajstić information content (AvgIpc) is 3.21. The van der Waals surface area contributed by atoms with E-state index in [1.54, 1.807) is 29.1 Å². The molecule has 2 aromatic carbocycles. The summed E-state index contributed by atoms with van der Waals surface area (Å²) in [5, 5.41) is 7.68. The molecule has 0 spiro atoms. The number of aromatic nitrogens is 3. The molecule has 4 aromatic rings. The Morgan fingerprint density at radius 3 is 2.70 bits per heavy atom. The summed E-state index contributed by atoms with van der Waals surface area (Å²) >= 11 is 0. The van der Waals surface area contributed by atoms with Crippen molar-refractivity contribution in [2.24, 2.45) is 0 Å². The minimum atomic E-state index is -0.283. The number of carbonyl (C=O) groups excluding carboxylic acids is 1. The number of anilines is 1. The Balaban J connectivity index is 1.49. The molecule has 0 radical (unpaired) electrons. The van der Waals surface area contributed by atoms with Crippen LogP contribution in [0.5, 0.6) is 5.88 Å². The van der Waals surface area contributed by atoms with E-state index in [1.807, 2.05) is 55.5 Å². The van der Waals surface area contributed by atoms with Crippen molar-refractivity contribution >= 4 is 11.7 Å². The second-order valence-electron chi connectivity index (χ2n) is 8.02. The summed E-state index contributed by atoms with van der Waals surface area (Å²) in [5.41, 5.74) is 3.71. The second-order valence-corrected chi connectivity index (χ2v) is 8.02. The summed E-state index contributed by atoms with van der Waals surface area (Å²) in [6.45, 7) is 2.67. The van der Waals surface area contributed by atoms with Gasteiger partial charge in [-0.1, -0.05) is 55.5 Å². The van der Waals surface area contributed by atoms with Crippen molar-refractivity contribution in [3.8, 4) is 17.0 Å². The lowest BCUT2D eigenvalue weighted by Gasteiger charge is -2.16. The molecule has 1 aliphatic heterocycles. The van der Waals surface area contributed by atoms with Crippen molar-refractivity contribution in [2.45, 2.75) is 32.4 Å². The Bertz CT molecular complexity index is 1290. The molecule has 0 saturated carbocycles. The lowest BCUT2D eigenvalue weighted by molar-refractivity contribution is -0.116. The van der Waals surface area contributed by atoms with E-state index >= 15 is 4.39 Å². The van der Waals surface area contributed by atoms with Crippen LogP contribution in [0.1, 0.15) is 36.1 Å². The van der Waals surface area contributed by atoms with Crippen molar-refractivity contribution < 1.29 is 13.9 Å². The normalized spacial score (nSPS) is 13.8. The predicted octanol–water partition coefficient (Wildman–Crippen LogP) is 5.16. The van der Waals surface area contributed by atoms with Crippen LogP contribution in [0, 0.1) is 5.82 Å². The Labute approximate surface area is 191 Å². The third-order valence-corrected chi connectivity index (χ3v) is 5.88. The van der Waals surface area contributed by atoms with Crippen LogP contribution in [-0.2, 0) is 17.9 Å². The Morgan fingerprint density at radius 2 is 1.94 bits per heavy atom. The number of nitrogens with zero attached hydrogens (tertiary/aromatic N) is 3. The Hall–Kier alpha value is -4.00. The highest BCUT2D eigenvalue weighted by molar-refractivity contribution is 5.92. The number of fused-ring (bicyclic) bond motifs is 1. The van der Waals surface area contributed by atoms with Crippen molar-refractivity contribution in [1.82, 2.24) is 14.8 Å². The van der Waals surface area contributed by atoms with Gasteiger partial charge in [-0.25, -0.2) is 14.1 Å². The molecule has 5 rings (SSSR count). The van der Waals surface area contributed by atoms with Crippen molar-refractivity contribution in [2.75, 3.05) is 5.32 Å². The van der Waals surface area contributed by atoms with Gasteiger partial charge in [-0.05, 0) is 23.3 Å². The van der Waals surface area contributed by atoms with Gasteiger partial charge in [-0.15, -0.1) is 0 Å². The number of ether oxygens (including phenoxy) is 1. The highest BCUT2D eigenvalue weighted by Crippen LogP contribution is 2.34. The third kappa shape index (κ3) is 4.22. The maximum Gasteiger partial charge on any atom is 0.227 e. The summed E-state index contributed by atoms with van der Waals surface area (Å²) in [4.78, 5) is 16.3. The predicted molar refractivity (Wildman–Crippen MR) is 123 cm³/mol. The molecule has 0 saturated heterocycles. The number of amides is 1. The molecule has 2 aromatic heterocycles. The van der Waals surface area contributed by atoms with Crippen LogP contribution < -0.4 is 10.1 Å². The molecule has 7 heteroatoms. The number of carbonyl (C=O) groups is 1. The van der Waals surface area contributed by atoms with E-state index in [1.165, 1.54) is 0 Å². The first kappa shape index (κ1) is 20.9. The van der Waals surface area contributed by atoms with Crippen molar-refractivity contribution in [3.05, 3.63) is 95.6 Å². The van der Waals surface area contributed by atoms with Crippen LogP contribution in [0.3, 0.4) is 0 Å². The Kier molecular flexibility index (Phi) is 5.60. The van der Waals surface area contributed by atoms with E-state index in [-0.39, 0.29) is 24.2 Å². The van der Waals surface area contributed by atoms with Crippen LogP contribution in [0.2, 0.25) is 0 Å². The van der Waals surface area contributed by atoms with Gasteiger partial charge in [0, 0.05) is 30.2 Å². The number of benzene rings is 2. The number of rotatable bonds is 6. The van der Waals surface area contributed by atoms with Crippen LogP contribution in [-0.4, -0.2) is 20.7 Å². The molecule has 0 aliphatic carbocycles. The van der Waals surface area contributed by atoms with Gasteiger partial charge in [0.25, 0.3) is 0 Å². The quantitative estimate of drug-likeness (QED) is 0.448. The molecule has 0 bridgehead atoms.